The van der Waals surface area contributed by atoms with Gasteiger partial charge in [-0.25, -0.2) is 0 Å². The topological polar surface area (TPSA) is 53.1 Å². The lowest BCUT2D eigenvalue weighted by Crippen LogP contribution is -2.04. The molecule has 3 aromatic rings. The van der Waals surface area contributed by atoms with Crippen molar-refractivity contribution in [1.29, 1.82) is 0 Å². The number of hydrogen-bond donors (Lipinski definition) is 2. The van der Waals surface area contributed by atoms with Crippen molar-refractivity contribution < 1.29 is 5.11 Å². The van der Waals surface area contributed by atoms with Gasteiger partial charge in [0, 0.05) is 6.07 Å². The SMILES string of the molecule is Cc1ccc(-c2cccc(-c3c(O)cc(=O)[nH]c3Cl)c2)cc1. The van der Waals surface area contributed by atoms with E-state index in [0.717, 1.165) is 22.8 Å². The highest BCUT2D eigenvalue weighted by atomic mass is 35.5. The molecule has 2 N–H and O–H groups in total. The summed E-state index contributed by atoms with van der Waals surface area (Å²) < 4.78 is 0. The number of aromatic amines is 1. The lowest BCUT2D eigenvalue weighted by molar-refractivity contribution is 0.476. The number of nitrogens with one attached hydrogen (secondary N) is 1. The molecule has 0 aliphatic rings. The minimum absolute atomic E-state index is 0.130. The average molecular weight is 312 g/mol. The predicted molar refractivity (Wildman–Crippen MR) is 89.3 cm³/mol. The van der Waals surface area contributed by atoms with Crippen molar-refractivity contribution in [3.05, 3.63) is 75.7 Å². The van der Waals surface area contributed by atoms with Crippen molar-refractivity contribution in [3.63, 3.8) is 0 Å². The summed E-state index contributed by atoms with van der Waals surface area (Å²) in [4.78, 5) is 13.8. The van der Waals surface area contributed by atoms with E-state index in [9.17, 15) is 9.90 Å². The van der Waals surface area contributed by atoms with Crippen molar-refractivity contribution in [3.8, 4) is 28.0 Å². The number of H-pyrrole nitrogens is 1. The summed E-state index contributed by atoms with van der Waals surface area (Å²) >= 11 is 6.07. The zero-order valence-corrected chi connectivity index (χ0v) is 12.7. The molecule has 0 aliphatic heterocycles. The summed E-state index contributed by atoms with van der Waals surface area (Å²) in [5.74, 6) is -0.130. The number of pyridine rings is 1. The number of halogens is 1. The molecule has 1 heterocycles. The first kappa shape index (κ1) is 14.4. The molecule has 0 amide bonds. The van der Waals surface area contributed by atoms with Crippen LogP contribution in [0.15, 0.2) is 59.4 Å². The van der Waals surface area contributed by atoms with Gasteiger partial charge in [-0.1, -0.05) is 59.6 Å². The minimum atomic E-state index is -0.430. The van der Waals surface area contributed by atoms with Crippen LogP contribution in [0.5, 0.6) is 5.75 Å². The smallest absolute Gasteiger partial charge is 0.252 e. The maximum Gasteiger partial charge on any atom is 0.252 e. The highest BCUT2D eigenvalue weighted by Crippen LogP contribution is 2.35. The van der Waals surface area contributed by atoms with Crippen LogP contribution >= 0.6 is 11.6 Å². The van der Waals surface area contributed by atoms with Crippen LogP contribution in [-0.2, 0) is 0 Å². The van der Waals surface area contributed by atoms with Gasteiger partial charge in [-0.3, -0.25) is 4.79 Å². The highest BCUT2D eigenvalue weighted by molar-refractivity contribution is 6.32. The van der Waals surface area contributed by atoms with Crippen LogP contribution in [0.1, 0.15) is 5.56 Å². The molecule has 0 spiro atoms. The molecule has 110 valence electrons. The first-order chi connectivity index (χ1) is 10.5. The Bertz CT molecular complexity index is 856. The lowest BCUT2D eigenvalue weighted by atomic mass is 9.99. The van der Waals surface area contributed by atoms with Crippen LogP contribution in [-0.4, -0.2) is 10.1 Å². The molecule has 3 nitrogen and oxygen atoms in total. The number of benzene rings is 2. The Kier molecular flexibility index (Phi) is 3.73. The zero-order chi connectivity index (χ0) is 15.7. The Hall–Kier alpha value is -2.52. The van der Waals surface area contributed by atoms with Crippen molar-refractivity contribution in [2.45, 2.75) is 6.92 Å². The van der Waals surface area contributed by atoms with Crippen molar-refractivity contribution in [2.75, 3.05) is 0 Å². The Morgan fingerprint density at radius 2 is 1.64 bits per heavy atom. The standard InChI is InChI=1S/C18H14ClNO2/c1-11-5-7-12(8-6-11)13-3-2-4-14(9-13)17-15(21)10-16(22)20-18(17)19/h2-10H,1H3,(H2,20,21,22). The third-order valence-electron chi connectivity index (χ3n) is 3.51. The maximum atomic E-state index is 11.3. The molecule has 4 heteroatoms. The van der Waals surface area contributed by atoms with Gasteiger partial charge in [0.15, 0.2) is 0 Å². The summed E-state index contributed by atoms with van der Waals surface area (Å²) in [5, 5.41) is 10.1. The number of rotatable bonds is 2. The molecule has 3 rings (SSSR count). The van der Waals surface area contributed by atoms with Crippen molar-refractivity contribution in [2.24, 2.45) is 0 Å². The maximum absolute atomic E-state index is 11.3. The second-order valence-corrected chi connectivity index (χ2v) is 5.53. The van der Waals surface area contributed by atoms with Crippen LogP contribution < -0.4 is 5.56 Å². The van der Waals surface area contributed by atoms with E-state index in [1.165, 1.54) is 5.56 Å². The van der Waals surface area contributed by atoms with Crippen LogP contribution in [0.4, 0.5) is 0 Å². The molecule has 0 bridgehead atoms. The van der Waals surface area contributed by atoms with E-state index in [1.54, 1.807) is 0 Å². The molecular weight excluding hydrogens is 298 g/mol. The summed E-state index contributed by atoms with van der Waals surface area (Å²) in [6.45, 7) is 2.04. The number of hydrogen-bond acceptors (Lipinski definition) is 2. The van der Waals surface area contributed by atoms with Gasteiger partial charge in [0.25, 0.3) is 5.56 Å². The van der Waals surface area contributed by atoms with Gasteiger partial charge in [-0.05, 0) is 29.7 Å². The van der Waals surface area contributed by atoms with Gasteiger partial charge in [0.05, 0.1) is 5.56 Å². The minimum Gasteiger partial charge on any atom is -0.507 e. The molecule has 0 saturated carbocycles. The first-order valence-electron chi connectivity index (χ1n) is 6.84. The number of aromatic nitrogens is 1. The summed E-state index contributed by atoms with van der Waals surface area (Å²) in [6.07, 6.45) is 0. The zero-order valence-electron chi connectivity index (χ0n) is 11.9. The Balaban J connectivity index is 2.13. The molecule has 0 fully saturated rings. The fourth-order valence-corrected chi connectivity index (χ4v) is 2.69. The summed E-state index contributed by atoms with van der Waals surface area (Å²) in [6, 6.07) is 17.0. The molecule has 0 unspecified atom stereocenters. The Labute approximate surface area is 132 Å². The third-order valence-corrected chi connectivity index (χ3v) is 3.80. The lowest BCUT2D eigenvalue weighted by Gasteiger charge is -2.09. The first-order valence-corrected chi connectivity index (χ1v) is 7.21. The Morgan fingerprint density at radius 3 is 2.32 bits per heavy atom. The molecular formula is C18H14ClNO2. The molecule has 2 aromatic carbocycles. The summed E-state index contributed by atoms with van der Waals surface area (Å²) in [7, 11) is 0. The van der Waals surface area contributed by atoms with Gasteiger partial charge in [-0.15, -0.1) is 0 Å². The highest BCUT2D eigenvalue weighted by Gasteiger charge is 2.12. The largest absolute Gasteiger partial charge is 0.507 e. The number of aromatic hydroxyl groups is 1. The Morgan fingerprint density at radius 1 is 0.955 bits per heavy atom. The molecule has 0 atom stereocenters. The average Bonchev–Trinajstić information content (AvgIpc) is 2.47. The van der Waals surface area contributed by atoms with E-state index in [2.05, 4.69) is 4.98 Å². The van der Waals surface area contributed by atoms with Gasteiger partial charge >= 0.3 is 0 Å². The predicted octanol–water partition coefficient (Wildman–Crippen LogP) is 4.38. The van der Waals surface area contributed by atoms with Gasteiger partial charge < -0.3 is 10.1 Å². The van der Waals surface area contributed by atoms with Gasteiger partial charge in [0.2, 0.25) is 0 Å². The van der Waals surface area contributed by atoms with E-state index in [1.807, 2.05) is 55.5 Å². The van der Waals surface area contributed by atoms with Gasteiger partial charge in [-0.2, -0.15) is 0 Å². The molecule has 1 aromatic heterocycles. The third kappa shape index (κ3) is 2.76. The molecule has 0 radical (unpaired) electrons. The monoisotopic (exact) mass is 311 g/mol. The van der Waals surface area contributed by atoms with Crippen LogP contribution in [0.2, 0.25) is 5.15 Å². The fourth-order valence-electron chi connectivity index (χ4n) is 2.39. The quantitative estimate of drug-likeness (QED) is 0.690. The molecule has 0 aliphatic carbocycles. The van der Waals surface area contributed by atoms with E-state index in [0.29, 0.717) is 5.56 Å². The van der Waals surface area contributed by atoms with E-state index in [4.69, 9.17) is 11.6 Å². The van der Waals surface area contributed by atoms with Crippen molar-refractivity contribution >= 4 is 11.6 Å². The summed E-state index contributed by atoms with van der Waals surface area (Å²) in [5.41, 5.74) is 4.03. The molecule has 0 saturated heterocycles. The molecule has 22 heavy (non-hydrogen) atoms. The van der Waals surface area contributed by atoms with E-state index in [-0.39, 0.29) is 10.9 Å². The second-order valence-electron chi connectivity index (χ2n) is 5.15. The van der Waals surface area contributed by atoms with Crippen molar-refractivity contribution in [1.82, 2.24) is 4.98 Å². The van der Waals surface area contributed by atoms with Gasteiger partial charge in [0.1, 0.15) is 10.9 Å². The number of aryl methyl sites for hydroxylation is 1. The van der Waals surface area contributed by atoms with E-state index < -0.39 is 5.56 Å². The van der Waals surface area contributed by atoms with Crippen LogP contribution in [0.3, 0.4) is 0 Å². The van der Waals surface area contributed by atoms with Crippen LogP contribution in [0, 0.1) is 6.92 Å². The second kappa shape index (κ2) is 5.70. The van der Waals surface area contributed by atoms with E-state index >= 15 is 0 Å². The fraction of sp³-hybridized carbons (Fsp3) is 0.0556. The van der Waals surface area contributed by atoms with Crippen LogP contribution in [0.25, 0.3) is 22.3 Å². The normalized spacial score (nSPS) is 10.6.